The van der Waals surface area contributed by atoms with Crippen LogP contribution in [0.5, 0.6) is 5.75 Å². The summed E-state index contributed by atoms with van der Waals surface area (Å²) < 4.78 is 10.5. The van der Waals surface area contributed by atoms with Crippen molar-refractivity contribution in [2.24, 2.45) is 0 Å². The third-order valence-electron chi connectivity index (χ3n) is 3.75. The SMILES string of the molecule is COc1ccc(C(NC(=O)COC2CCCC2)C(=O)O)cc1. The number of hydrogen-bond donors (Lipinski definition) is 2. The van der Waals surface area contributed by atoms with E-state index in [1.54, 1.807) is 24.3 Å². The summed E-state index contributed by atoms with van der Waals surface area (Å²) in [6.45, 7) is -0.107. The highest BCUT2D eigenvalue weighted by atomic mass is 16.5. The summed E-state index contributed by atoms with van der Waals surface area (Å²) >= 11 is 0. The highest BCUT2D eigenvalue weighted by Gasteiger charge is 2.23. The summed E-state index contributed by atoms with van der Waals surface area (Å²) in [6, 6.07) is 5.47. The third-order valence-corrected chi connectivity index (χ3v) is 3.75. The molecule has 6 heteroatoms. The number of ether oxygens (including phenoxy) is 2. The molecule has 1 fully saturated rings. The Morgan fingerprint density at radius 1 is 1.27 bits per heavy atom. The van der Waals surface area contributed by atoms with Crippen molar-refractivity contribution in [1.82, 2.24) is 5.32 Å². The van der Waals surface area contributed by atoms with Crippen LogP contribution in [0.4, 0.5) is 0 Å². The maximum Gasteiger partial charge on any atom is 0.330 e. The van der Waals surface area contributed by atoms with Crippen LogP contribution in [0.3, 0.4) is 0 Å². The van der Waals surface area contributed by atoms with Crippen molar-refractivity contribution >= 4 is 11.9 Å². The summed E-state index contributed by atoms with van der Waals surface area (Å²) in [7, 11) is 1.53. The molecule has 0 bridgehead atoms. The van der Waals surface area contributed by atoms with Crippen LogP contribution in [-0.2, 0) is 14.3 Å². The lowest BCUT2D eigenvalue weighted by atomic mass is 10.1. The first kappa shape index (κ1) is 16.3. The van der Waals surface area contributed by atoms with Gasteiger partial charge in [-0.25, -0.2) is 4.79 Å². The lowest BCUT2D eigenvalue weighted by Crippen LogP contribution is -2.36. The molecule has 2 N–H and O–H groups in total. The Bertz CT molecular complexity index is 508. The van der Waals surface area contributed by atoms with Gasteiger partial charge in [0.15, 0.2) is 6.04 Å². The van der Waals surface area contributed by atoms with E-state index in [1.807, 2.05) is 0 Å². The first-order valence-electron chi connectivity index (χ1n) is 7.38. The molecule has 0 saturated heterocycles. The second kappa shape index (κ2) is 7.79. The Balaban J connectivity index is 1.92. The molecule has 1 aromatic rings. The lowest BCUT2D eigenvalue weighted by Gasteiger charge is -2.16. The molecule has 0 aromatic heterocycles. The number of nitrogens with one attached hydrogen (secondary N) is 1. The number of rotatable bonds is 7. The van der Waals surface area contributed by atoms with E-state index in [0.29, 0.717) is 11.3 Å². The van der Waals surface area contributed by atoms with Crippen molar-refractivity contribution in [2.45, 2.75) is 37.8 Å². The molecule has 1 aliphatic rings. The molecular weight excluding hydrogens is 286 g/mol. The second-order valence-electron chi connectivity index (χ2n) is 5.33. The zero-order valence-electron chi connectivity index (χ0n) is 12.6. The Morgan fingerprint density at radius 3 is 2.45 bits per heavy atom. The van der Waals surface area contributed by atoms with Gasteiger partial charge in [0.1, 0.15) is 12.4 Å². The molecule has 2 rings (SSSR count). The molecule has 1 saturated carbocycles. The number of amides is 1. The predicted molar refractivity (Wildman–Crippen MR) is 79.7 cm³/mol. The standard InChI is InChI=1S/C16H21NO5/c1-21-12-8-6-11(7-9-12)15(16(19)20)17-14(18)10-22-13-4-2-3-5-13/h6-9,13,15H,2-5,10H2,1H3,(H,17,18)(H,19,20). The van der Waals surface area contributed by atoms with Crippen LogP contribution in [-0.4, -0.2) is 36.8 Å². The van der Waals surface area contributed by atoms with Crippen LogP contribution in [0.25, 0.3) is 0 Å². The van der Waals surface area contributed by atoms with Gasteiger partial charge in [0.2, 0.25) is 5.91 Å². The molecule has 1 amide bonds. The van der Waals surface area contributed by atoms with Crippen LogP contribution in [0.2, 0.25) is 0 Å². The average Bonchev–Trinajstić information content (AvgIpc) is 3.04. The quantitative estimate of drug-likeness (QED) is 0.803. The highest BCUT2D eigenvalue weighted by Crippen LogP contribution is 2.21. The summed E-state index contributed by atoms with van der Waals surface area (Å²) in [5.74, 6) is -0.904. The maximum absolute atomic E-state index is 11.9. The van der Waals surface area contributed by atoms with Crippen LogP contribution in [0, 0.1) is 0 Å². The number of benzene rings is 1. The van der Waals surface area contributed by atoms with Gasteiger partial charge in [-0.1, -0.05) is 25.0 Å². The second-order valence-corrected chi connectivity index (χ2v) is 5.33. The summed E-state index contributed by atoms with van der Waals surface area (Å²) in [4.78, 5) is 23.3. The topological polar surface area (TPSA) is 84.9 Å². The number of carboxylic acids is 1. The van der Waals surface area contributed by atoms with Gasteiger partial charge in [0.25, 0.3) is 0 Å². The van der Waals surface area contributed by atoms with Crippen molar-refractivity contribution in [3.8, 4) is 5.75 Å². The molecule has 1 aromatic carbocycles. The first-order chi connectivity index (χ1) is 10.6. The van der Waals surface area contributed by atoms with Crippen LogP contribution in [0.15, 0.2) is 24.3 Å². The molecule has 6 nitrogen and oxygen atoms in total. The van der Waals surface area contributed by atoms with Crippen molar-refractivity contribution in [2.75, 3.05) is 13.7 Å². The van der Waals surface area contributed by atoms with Crippen molar-refractivity contribution < 1.29 is 24.2 Å². The van der Waals surface area contributed by atoms with E-state index in [2.05, 4.69) is 5.32 Å². The zero-order valence-corrected chi connectivity index (χ0v) is 12.6. The normalized spacial score (nSPS) is 16.2. The monoisotopic (exact) mass is 307 g/mol. The smallest absolute Gasteiger partial charge is 0.330 e. The molecule has 22 heavy (non-hydrogen) atoms. The summed E-state index contributed by atoms with van der Waals surface area (Å²) in [6.07, 6.45) is 4.29. The predicted octanol–water partition coefficient (Wildman–Crippen LogP) is 1.90. The van der Waals surface area contributed by atoms with Gasteiger partial charge < -0.3 is 19.9 Å². The molecule has 1 unspecified atom stereocenters. The molecule has 0 heterocycles. The minimum atomic E-state index is -1.11. The zero-order chi connectivity index (χ0) is 15.9. The molecule has 0 spiro atoms. The Morgan fingerprint density at radius 2 is 1.91 bits per heavy atom. The van der Waals surface area contributed by atoms with E-state index in [0.717, 1.165) is 25.7 Å². The van der Waals surface area contributed by atoms with Crippen LogP contribution < -0.4 is 10.1 Å². The Labute approximate surface area is 129 Å². The fraction of sp³-hybridized carbons (Fsp3) is 0.500. The van der Waals surface area contributed by atoms with Gasteiger partial charge in [-0.3, -0.25) is 4.79 Å². The molecule has 0 aliphatic heterocycles. The number of methoxy groups -OCH3 is 1. The van der Waals surface area contributed by atoms with E-state index < -0.39 is 17.9 Å². The van der Waals surface area contributed by atoms with Crippen LogP contribution in [0.1, 0.15) is 37.3 Å². The summed E-state index contributed by atoms with van der Waals surface area (Å²) in [5, 5.41) is 11.8. The molecular formula is C16H21NO5. The van der Waals surface area contributed by atoms with Crippen molar-refractivity contribution in [1.29, 1.82) is 0 Å². The number of carbonyl (C=O) groups is 2. The van der Waals surface area contributed by atoms with E-state index in [4.69, 9.17) is 9.47 Å². The van der Waals surface area contributed by atoms with Crippen molar-refractivity contribution in [3.63, 3.8) is 0 Å². The van der Waals surface area contributed by atoms with Gasteiger partial charge in [0, 0.05) is 0 Å². The van der Waals surface area contributed by atoms with E-state index >= 15 is 0 Å². The molecule has 120 valence electrons. The number of hydrogen-bond acceptors (Lipinski definition) is 4. The minimum Gasteiger partial charge on any atom is -0.497 e. The van der Waals surface area contributed by atoms with Crippen molar-refractivity contribution in [3.05, 3.63) is 29.8 Å². The minimum absolute atomic E-state index is 0.107. The fourth-order valence-corrected chi connectivity index (χ4v) is 2.54. The van der Waals surface area contributed by atoms with E-state index in [1.165, 1.54) is 7.11 Å². The Hall–Kier alpha value is -2.08. The van der Waals surface area contributed by atoms with Gasteiger partial charge in [-0.05, 0) is 30.5 Å². The number of aliphatic carboxylic acids is 1. The number of carbonyl (C=O) groups excluding carboxylic acids is 1. The van der Waals surface area contributed by atoms with E-state index in [9.17, 15) is 14.7 Å². The van der Waals surface area contributed by atoms with Gasteiger partial charge in [-0.2, -0.15) is 0 Å². The first-order valence-corrected chi connectivity index (χ1v) is 7.38. The summed E-state index contributed by atoms with van der Waals surface area (Å²) in [5.41, 5.74) is 0.488. The molecule has 1 aliphatic carbocycles. The molecule has 0 radical (unpaired) electrons. The van der Waals surface area contributed by atoms with Gasteiger partial charge in [0.05, 0.1) is 13.2 Å². The maximum atomic E-state index is 11.9. The van der Waals surface area contributed by atoms with Gasteiger partial charge >= 0.3 is 5.97 Å². The van der Waals surface area contributed by atoms with Crippen LogP contribution >= 0.6 is 0 Å². The fourth-order valence-electron chi connectivity index (χ4n) is 2.54. The lowest BCUT2D eigenvalue weighted by molar-refractivity contribution is -0.143. The largest absolute Gasteiger partial charge is 0.497 e. The average molecular weight is 307 g/mol. The highest BCUT2D eigenvalue weighted by molar-refractivity contribution is 5.85. The van der Waals surface area contributed by atoms with E-state index in [-0.39, 0.29) is 12.7 Å². The third kappa shape index (κ3) is 4.46. The molecule has 1 atom stereocenters. The van der Waals surface area contributed by atoms with Gasteiger partial charge in [-0.15, -0.1) is 0 Å². The Kier molecular flexibility index (Phi) is 5.77. The number of carboxylic acid groups (broad SMARTS) is 1.